The summed E-state index contributed by atoms with van der Waals surface area (Å²) < 4.78 is 21.7. The largest absolute Gasteiger partial charge is 0.493 e. The van der Waals surface area contributed by atoms with E-state index < -0.39 is 0 Å². The van der Waals surface area contributed by atoms with Crippen LogP contribution in [0.25, 0.3) is 0 Å². The quantitative estimate of drug-likeness (QED) is 0.398. The summed E-state index contributed by atoms with van der Waals surface area (Å²) in [5.74, 6) is 2.73. The van der Waals surface area contributed by atoms with Crippen molar-refractivity contribution in [2.24, 2.45) is 10.9 Å². The lowest BCUT2D eigenvalue weighted by Gasteiger charge is -2.21. The van der Waals surface area contributed by atoms with Crippen LogP contribution in [0, 0.1) is 5.92 Å². The fourth-order valence-electron chi connectivity index (χ4n) is 2.77. The monoisotopic (exact) mass is 365 g/mol. The summed E-state index contributed by atoms with van der Waals surface area (Å²) in [6.07, 6.45) is 3.15. The summed E-state index contributed by atoms with van der Waals surface area (Å²) in [4.78, 5) is 4.24. The number of hydrogen-bond acceptors (Lipinski definition) is 5. The Morgan fingerprint density at radius 1 is 1.19 bits per heavy atom. The minimum Gasteiger partial charge on any atom is -0.493 e. The van der Waals surface area contributed by atoms with Crippen LogP contribution in [0.4, 0.5) is 5.69 Å². The molecule has 26 heavy (non-hydrogen) atoms. The second kappa shape index (κ2) is 11.6. The average molecular weight is 365 g/mol. The van der Waals surface area contributed by atoms with Gasteiger partial charge in [0.15, 0.2) is 17.5 Å². The van der Waals surface area contributed by atoms with Crippen LogP contribution in [-0.2, 0) is 9.47 Å². The summed E-state index contributed by atoms with van der Waals surface area (Å²) in [6, 6.07) is 5.66. The Morgan fingerprint density at radius 2 is 1.96 bits per heavy atom. The van der Waals surface area contributed by atoms with Gasteiger partial charge in [0.05, 0.1) is 14.2 Å². The van der Waals surface area contributed by atoms with E-state index in [0.29, 0.717) is 23.4 Å². The third kappa shape index (κ3) is 6.72. The maximum Gasteiger partial charge on any atom is 0.195 e. The zero-order valence-corrected chi connectivity index (χ0v) is 16.0. The number of ether oxygens (including phenoxy) is 4. The molecule has 1 fully saturated rings. The number of methoxy groups -OCH3 is 2. The first kappa shape index (κ1) is 20.3. The molecule has 0 aliphatic carbocycles. The van der Waals surface area contributed by atoms with Gasteiger partial charge in [-0.25, -0.2) is 0 Å². The molecule has 146 valence electrons. The lowest BCUT2D eigenvalue weighted by atomic mass is 10.0. The number of aliphatic imine (C=N–C) groups is 1. The Kier molecular flexibility index (Phi) is 9.06. The van der Waals surface area contributed by atoms with Crippen molar-refractivity contribution in [3.63, 3.8) is 0 Å². The molecular weight excluding hydrogens is 334 g/mol. The smallest absolute Gasteiger partial charge is 0.195 e. The van der Waals surface area contributed by atoms with Crippen molar-refractivity contribution in [2.75, 3.05) is 59.6 Å². The van der Waals surface area contributed by atoms with Crippen molar-refractivity contribution in [3.8, 4) is 11.5 Å². The normalized spacial score (nSPS) is 15.6. The van der Waals surface area contributed by atoms with Crippen molar-refractivity contribution < 1.29 is 18.9 Å². The number of rotatable bonds is 9. The molecule has 2 rings (SSSR count). The molecule has 1 aliphatic heterocycles. The van der Waals surface area contributed by atoms with E-state index in [1.165, 1.54) is 0 Å². The first-order valence-electron chi connectivity index (χ1n) is 9.12. The lowest BCUT2D eigenvalue weighted by molar-refractivity contribution is 0.0203. The maximum absolute atomic E-state index is 5.78. The minimum absolute atomic E-state index is 0.649. The van der Waals surface area contributed by atoms with Crippen LogP contribution in [0.5, 0.6) is 11.5 Å². The van der Waals surface area contributed by atoms with E-state index in [-0.39, 0.29) is 0 Å². The zero-order valence-electron chi connectivity index (χ0n) is 16.0. The Hall–Kier alpha value is -1.99. The van der Waals surface area contributed by atoms with Gasteiger partial charge >= 0.3 is 0 Å². The minimum atomic E-state index is 0.649. The molecule has 0 atom stereocenters. The van der Waals surface area contributed by atoms with Crippen LogP contribution in [0.2, 0.25) is 0 Å². The summed E-state index contributed by atoms with van der Waals surface area (Å²) in [7, 11) is 4.99. The summed E-state index contributed by atoms with van der Waals surface area (Å²) in [5, 5.41) is 6.54. The first-order chi connectivity index (χ1) is 12.8. The van der Waals surface area contributed by atoms with Gasteiger partial charge in [0, 0.05) is 51.8 Å². The van der Waals surface area contributed by atoms with Gasteiger partial charge in [-0.1, -0.05) is 0 Å². The molecule has 7 nitrogen and oxygen atoms in total. The van der Waals surface area contributed by atoms with Gasteiger partial charge < -0.3 is 29.6 Å². The Bertz CT molecular complexity index is 560. The van der Waals surface area contributed by atoms with Gasteiger partial charge in [-0.2, -0.15) is 0 Å². The second-order valence-electron chi connectivity index (χ2n) is 6.18. The molecule has 0 amide bonds. The van der Waals surface area contributed by atoms with E-state index in [4.69, 9.17) is 18.9 Å². The molecule has 1 aliphatic rings. The van der Waals surface area contributed by atoms with Crippen LogP contribution >= 0.6 is 0 Å². The van der Waals surface area contributed by atoms with E-state index >= 15 is 0 Å². The molecule has 0 saturated carbocycles. The van der Waals surface area contributed by atoms with Crippen LogP contribution in [0.3, 0.4) is 0 Å². The van der Waals surface area contributed by atoms with Crippen molar-refractivity contribution in [2.45, 2.75) is 19.3 Å². The first-order valence-corrected chi connectivity index (χ1v) is 9.12. The summed E-state index contributed by atoms with van der Waals surface area (Å²) >= 11 is 0. The summed E-state index contributed by atoms with van der Waals surface area (Å²) in [6.45, 7) is 4.11. The number of guanidine groups is 1. The highest BCUT2D eigenvalue weighted by molar-refractivity contribution is 5.93. The second-order valence-corrected chi connectivity index (χ2v) is 6.18. The van der Waals surface area contributed by atoms with Crippen LogP contribution in [-0.4, -0.2) is 60.2 Å². The van der Waals surface area contributed by atoms with Crippen molar-refractivity contribution in [1.29, 1.82) is 0 Å². The molecule has 1 saturated heterocycles. The molecule has 0 radical (unpaired) electrons. The maximum atomic E-state index is 5.78. The van der Waals surface area contributed by atoms with E-state index in [1.807, 2.05) is 18.2 Å². The van der Waals surface area contributed by atoms with E-state index in [1.54, 1.807) is 21.3 Å². The van der Waals surface area contributed by atoms with Gasteiger partial charge in [-0.05, 0) is 37.3 Å². The van der Waals surface area contributed by atoms with E-state index in [0.717, 1.165) is 57.9 Å². The lowest BCUT2D eigenvalue weighted by Crippen LogP contribution is -2.32. The topological polar surface area (TPSA) is 73.3 Å². The molecule has 2 N–H and O–H groups in total. The van der Waals surface area contributed by atoms with Crippen LogP contribution < -0.4 is 20.1 Å². The van der Waals surface area contributed by atoms with Crippen molar-refractivity contribution >= 4 is 11.6 Å². The summed E-state index contributed by atoms with van der Waals surface area (Å²) in [5.41, 5.74) is 0.881. The number of benzene rings is 1. The fourth-order valence-corrected chi connectivity index (χ4v) is 2.77. The number of nitrogens with one attached hydrogen (secondary N) is 2. The molecular formula is C19H31N3O4. The molecule has 1 aromatic carbocycles. The van der Waals surface area contributed by atoms with Gasteiger partial charge in [0.1, 0.15) is 0 Å². The third-order valence-electron chi connectivity index (χ3n) is 4.32. The average Bonchev–Trinajstić information content (AvgIpc) is 2.70. The zero-order chi connectivity index (χ0) is 18.6. The van der Waals surface area contributed by atoms with Gasteiger partial charge in [-0.15, -0.1) is 0 Å². The van der Waals surface area contributed by atoms with Gasteiger partial charge in [0.2, 0.25) is 0 Å². The Balaban J connectivity index is 1.66. The molecule has 0 bridgehead atoms. The highest BCUT2D eigenvalue weighted by atomic mass is 16.5. The molecule has 1 heterocycles. The van der Waals surface area contributed by atoms with Crippen LogP contribution in [0.1, 0.15) is 19.3 Å². The molecule has 7 heteroatoms. The highest BCUT2D eigenvalue weighted by Crippen LogP contribution is 2.29. The van der Waals surface area contributed by atoms with E-state index in [2.05, 4.69) is 15.6 Å². The predicted molar refractivity (Wildman–Crippen MR) is 104 cm³/mol. The molecule has 0 unspecified atom stereocenters. The molecule has 0 aromatic heterocycles. The standard InChI is InChI=1S/C19H31N3O4/c1-20-19(22-16-5-6-17(23-2)18(13-16)24-3)21-9-4-10-26-14-15-7-11-25-12-8-15/h5-6,13,15H,4,7-12,14H2,1-3H3,(H2,20,21,22). The fraction of sp³-hybridized carbons (Fsp3) is 0.632. The van der Waals surface area contributed by atoms with Gasteiger partial charge in [0.25, 0.3) is 0 Å². The molecule has 1 aromatic rings. The predicted octanol–water partition coefficient (Wildman–Crippen LogP) is 2.52. The number of hydrogen-bond donors (Lipinski definition) is 2. The third-order valence-corrected chi connectivity index (χ3v) is 4.32. The Labute approximate surface area is 156 Å². The molecule has 0 spiro atoms. The van der Waals surface area contributed by atoms with Gasteiger partial charge in [-0.3, -0.25) is 4.99 Å². The number of anilines is 1. The highest BCUT2D eigenvalue weighted by Gasteiger charge is 2.13. The van der Waals surface area contributed by atoms with E-state index in [9.17, 15) is 0 Å². The Morgan fingerprint density at radius 3 is 2.65 bits per heavy atom. The van der Waals surface area contributed by atoms with Crippen molar-refractivity contribution in [3.05, 3.63) is 18.2 Å². The SMILES string of the molecule is CN=C(NCCCOCC1CCOCC1)Nc1ccc(OC)c(OC)c1. The van der Waals surface area contributed by atoms with Crippen molar-refractivity contribution in [1.82, 2.24) is 5.32 Å². The number of nitrogens with zero attached hydrogens (tertiary/aromatic N) is 1. The van der Waals surface area contributed by atoms with Crippen LogP contribution in [0.15, 0.2) is 23.2 Å².